The summed E-state index contributed by atoms with van der Waals surface area (Å²) < 4.78 is 4.79. The summed E-state index contributed by atoms with van der Waals surface area (Å²) in [6, 6.07) is 67.0. The molecule has 10 rings (SSSR count). The highest BCUT2D eigenvalue weighted by molar-refractivity contribution is 6.10. The second-order valence-corrected chi connectivity index (χ2v) is 18.3. The molecule has 0 unspecified atom stereocenters. The molecule has 2 heteroatoms. The van der Waals surface area contributed by atoms with E-state index >= 15 is 0 Å². The molecule has 0 amide bonds. The predicted molar refractivity (Wildman–Crippen MR) is 259 cm³/mol. The van der Waals surface area contributed by atoms with Crippen LogP contribution in [0.15, 0.2) is 182 Å². The Kier molecular flexibility index (Phi) is 8.99. The van der Waals surface area contributed by atoms with Gasteiger partial charge in [0.2, 0.25) is 0 Å². The standard InChI is InChI=1S/C58H50N2/c1-57(2,3)45-29-35-55-51(37-45)52-38-46(58(4,5)6)30-36-56(52)60(55)48-33-27-44(28-34-48)42-23-19-40(20-24-42)16-15-39-17-21-41(22-18-39)43-25-31-47(32-26-43)59-53-13-9-7-11-49(53)50-12-8-10-14-54(50)59/h7-38H,1-6H3. The Labute approximate surface area is 353 Å². The van der Waals surface area contributed by atoms with E-state index in [0.29, 0.717) is 0 Å². The van der Waals surface area contributed by atoms with Gasteiger partial charge in [0.05, 0.1) is 22.1 Å². The molecule has 2 heterocycles. The number of hydrogen-bond acceptors (Lipinski definition) is 0. The van der Waals surface area contributed by atoms with Crippen molar-refractivity contribution in [2.24, 2.45) is 0 Å². The molecule has 2 nitrogen and oxygen atoms in total. The molecule has 0 N–H and O–H groups in total. The molecular formula is C58H50N2. The van der Waals surface area contributed by atoms with Crippen molar-refractivity contribution < 1.29 is 0 Å². The number of rotatable bonds is 6. The largest absolute Gasteiger partial charge is 0.309 e. The highest BCUT2D eigenvalue weighted by atomic mass is 15.0. The van der Waals surface area contributed by atoms with Crippen LogP contribution in [-0.2, 0) is 10.8 Å². The van der Waals surface area contributed by atoms with E-state index in [1.54, 1.807) is 0 Å². The van der Waals surface area contributed by atoms with E-state index in [1.165, 1.54) is 99.5 Å². The molecule has 0 radical (unpaired) electrons. The lowest BCUT2D eigenvalue weighted by Crippen LogP contribution is -2.10. The molecule has 0 atom stereocenters. The normalized spacial score (nSPS) is 12.4. The van der Waals surface area contributed by atoms with Crippen LogP contribution in [0.5, 0.6) is 0 Å². The van der Waals surface area contributed by atoms with Gasteiger partial charge in [-0.05, 0) is 116 Å². The summed E-state index contributed by atoms with van der Waals surface area (Å²) in [4.78, 5) is 0. The van der Waals surface area contributed by atoms with Gasteiger partial charge in [-0.3, -0.25) is 0 Å². The first-order valence-corrected chi connectivity index (χ1v) is 21.2. The second kappa shape index (κ2) is 14.4. The van der Waals surface area contributed by atoms with Gasteiger partial charge in [-0.1, -0.05) is 175 Å². The lowest BCUT2D eigenvalue weighted by atomic mass is 9.85. The minimum absolute atomic E-state index is 0.0780. The van der Waals surface area contributed by atoms with Crippen LogP contribution in [0.1, 0.15) is 63.8 Å². The Morgan fingerprint density at radius 3 is 0.983 bits per heavy atom. The van der Waals surface area contributed by atoms with Crippen molar-refractivity contribution in [3.05, 3.63) is 204 Å². The highest BCUT2D eigenvalue weighted by Crippen LogP contribution is 2.38. The van der Waals surface area contributed by atoms with Crippen LogP contribution < -0.4 is 0 Å². The minimum Gasteiger partial charge on any atom is -0.309 e. The topological polar surface area (TPSA) is 9.86 Å². The van der Waals surface area contributed by atoms with Gasteiger partial charge in [-0.15, -0.1) is 0 Å². The molecule has 292 valence electrons. The SMILES string of the molecule is CC(C)(C)c1ccc2c(c1)c1cc(C(C)(C)C)ccc1n2-c1ccc(-c2ccc(C=Cc3ccc(-c4ccc(-n5c6ccccc6c6ccccc65)cc4)cc3)cc2)cc1. The zero-order chi connectivity index (χ0) is 41.2. The van der Waals surface area contributed by atoms with Gasteiger partial charge in [0, 0.05) is 32.9 Å². The molecule has 0 spiro atoms. The van der Waals surface area contributed by atoms with E-state index in [1.807, 2.05) is 0 Å². The van der Waals surface area contributed by atoms with Crippen molar-refractivity contribution in [2.45, 2.75) is 52.4 Å². The summed E-state index contributed by atoms with van der Waals surface area (Å²) in [5.74, 6) is 0. The van der Waals surface area contributed by atoms with Crippen LogP contribution in [0, 0.1) is 0 Å². The zero-order valence-electron chi connectivity index (χ0n) is 35.4. The van der Waals surface area contributed by atoms with E-state index in [9.17, 15) is 0 Å². The van der Waals surface area contributed by atoms with Gasteiger partial charge in [0.25, 0.3) is 0 Å². The summed E-state index contributed by atoms with van der Waals surface area (Å²) >= 11 is 0. The average molecular weight is 775 g/mol. The molecule has 0 aliphatic heterocycles. The molecular weight excluding hydrogens is 725 g/mol. The summed E-state index contributed by atoms with van der Waals surface area (Å²) in [6.07, 6.45) is 4.39. The summed E-state index contributed by atoms with van der Waals surface area (Å²) in [6.45, 7) is 13.8. The summed E-state index contributed by atoms with van der Waals surface area (Å²) in [5, 5.41) is 5.19. The zero-order valence-corrected chi connectivity index (χ0v) is 35.4. The molecule has 2 aromatic heterocycles. The molecule has 10 aromatic rings. The number of nitrogens with zero attached hydrogens (tertiary/aromatic N) is 2. The van der Waals surface area contributed by atoms with E-state index in [4.69, 9.17) is 0 Å². The van der Waals surface area contributed by atoms with Crippen LogP contribution in [0.2, 0.25) is 0 Å². The van der Waals surface area contributed by atoms with Gasteiger partial charge in [-0.2, -0.15) is 0 Å². The van der Waals surface area contributed by atoms with E-state index in [2.05, 4.69) is 245 Å². The lowest BCUT2D eigenvalue weighted by Gasteiger charge is -2.19. The Hall–Kier alpha value is -6.90. The highest BCUT2D eigenvalue weighted by Gasteiger charge is 2.21. The first kappa shape index (κ1) is 37.4. The summed E-state index contributed by atoms with van der Waals surface area (Å²) in [5.41, 5.74) is 17.3. The second-order valence-electron chi connectivity index (χ2n) is 18.3. The quantitative estimate of drug-likeness (QED) is 0.149. The number of fused-ring (bicyclic) bond motifs is 6. The number of para-hydroxylation sites is 2. The van der Waals surface area contributed by atoms with Crippen LogP contribution in [0.3, 0.4) is 0 Å². The van der Waals surface area contributed by atoms with Gasteiger partial charge < -0.3 is 9.13 Å². The third-order valence-electron chi connectivity index (χ3n) is 12.3. The van der Waals surface area contributed by atoms with Crippen molar-refractivity contribution in [1.29, 1.82) is 0 Å². The molecule has 60 heavy (non-hydrogen) atoms. The van der Waals surface area contributed by atoms with Crippen LogP contribution >= 0.6 is 0 Å². The number of aromatic nitrogens is 2. The Morgan fingerprint density at radius 2 is 0.633 bits per heavy atom. The molecule has 0 bridgehead atoms. The third-order valence-corrected chi connectivity index (χ3v) is 12.3. The van der Waals surface area contributed by atoms with E-state index in [0.717, 1.165) is 0 Å². The van der Waals surface area contributed by atoms with Gasteiger partial charge in [-0.25, -0.2) is 0 Å². The Bertz CT molecular complexity index is 3090. The molecule has 0 saturated carbocycles. The van der Waals surface area contributed by atoms with Crippen LogP contribution in [-0.4, -0.2) is 9.13 Å². The van der Waals surface area contributed by atoms with Gasteiger partial charge >= 0.3 is 0 Å². The molecule has 0 fully saturated rings. The molecule has 0 saturated heterocycles. The Morgan fingerprint density at radius 1 is 0.317 bits per heavy atom. The van der Waals surface area contributed by atoms with Crippen molar-refractivity contribution in [3.63, 3.8) is 0 Å². The minimum atomic E-state index is 0.0780. The maximum atomic E-state index is 2.43. The monoisotopic (exact) mass is 774 g/mol. The fourth-order valence-corrected chi connectivity index (χ4v) is 8.81. The van der Waals surface area contributed by atoms with Crippen molar-refractivity contribution >= 4 is 55.8 Å². The van der Waals surface area contributed by atoms with Crippen molar-refractivity contribution in [1.82, 2.24) is 9.13 Å². The van der Waals surface area contributed by atoms with Crippen LogP contribution in [0.4, 0.5) is 0 Å². The fourth-order valence-electron chi connectivity index (χ4n) is 8.81. The van der Waals surface area contributed by atoms with Crippen molar-refractivity contribution in [2.75, 3.05) is 0 Å². The maximum absolute atomic E-state index is 2.43. The molecule has 0 aliphatic carbocycles. The fraction of sp³-hybridized carbons (Fsp3) is 0.138. The first-order valence-electron chi connectivity index (χ1n) is 21.2. The van der Waals surface area contributed by atoms with E-state index < -0.39 is 0 Å². The smallest absolute Gasteiger partial charge is 0.0541 e. The maximum Gasteiger partial charge on any atom is 0.0541 e. The van der Waals surface area contributed by atoms with E-state index in [-0.39, 0.29) is 10.8 Å². The Balaban J connectivity index is 0.857. The lowest BCUT2D eigenvalue weighted by molar-refractivity contribution is 0.590. The molecule has 8 aromatic carbocycles. The van der Waals surface area contributed by atoms with Crippen molar-refractivity contribution in [3.8, 4) is 33.6 Å². The summed E-state index contributed by atoms with van der Waals surface area (Å²) in [7, 11) is 0. The third kappa shape index (κ3) is 6.73. The number of hydrogen-bond donors (Lipinski definition) is 0. The molecule has 0 aliphatic rings. The average Bonchev–Trinajstić information content (AvgIpc) is 3.78. The number of benzene rings is 8. The van der Waals surface area contributed by atoms with Crippen LogP contribution in [0.25, 0.3) is 89.4 Å². The van der Waals surface area contributed by atoms with Gasteiger partial charge in [0.15, 0.2) is 0 Å². The predicted octanol–water partition coefficient (Wildman–Crippen LogP) is 16.0. The van der Waals surface area contributed by atoms with Gasteiger partial charge in [0.1, 0.15) is 0 Å². The first-order chi connectivity index (χ1) is 29.0.